The molecule has 0 radical (unpaired) electrons. The lowest BCUT2D eigenvalue weighted by Crippen LogP contribution is -2.05. The second-order valence-corrected chi connectivity index (χ2v) is 5.52. The second-order valence-electron chi connectivity index (χ2n) is 4.60. The molecule has 0 amide bonds. The molecule has 5 heteroatoms. The van der Waals surface area contributed by atoms with E-state index in [0.717, 1.165) is 28.1 Å². The third-order valence-electron chi connectivity index (χ3n) is 3.03. The third kappa shape index (κ3) is 2.82. The van der Waals surface area contributed by atoms with Crippen molar-refractivity contribution in [2.45, 2.75) is 13.3 Å². The molecule has 3 aromatic rings. The van der Waals surface area contributed by atoms with Gasteiger partial charge in [-0.25, -0.2) is 0 Å². The van der Waals surface area contributed by atoms with Crippen LogP contribution in [0.1, 0.15) is 11.4 Å². The number of ether oxygens (including phenoxy) is 1. The van der Waals surface area contributed by atoms with E-state index in [4.69, 9.17) is 4.74 Å². The number of nitrogens with zero attached hydrogens (tertiary/aromatic N) is 3. The number of aromatic nitrogens is 3. The molecule has 3 rings (SSSR count). The average Bonchev–Trinajstić information content (AvgIpc) is 2.81. The molecule has 0 aliphatic carbocycles. The minimum absolute atomic E-state index is 0.584. The predicted octanol–water partition coefficient (Wildman–Crippen LogP) is 3.42. The predicted molar refractivity (Wildman–Crippen MR) is 81.1 cm³/mol. The number of hydrogen-bond donors (Lipinski definition) is 0. The lowest BCUT2D eigenvalue weighted by molar-refractivity contribution is 0.318. The number of halogens is 1. The SMILES string of the molecule is Cc1cccc(OCCc2nnc3cc(Br)ccn23)c1. The van der Waals surface area contributed by atoms with Crippen LogP contribution in [0.3, 0.4) is 0 Å². The Hall–Kier alpha value is -1.88. The van der Waals surface area contributed by atoms with Crippen LogP contribution in [0.25, 0.3) is 5.65 Å². The summed E-state index contributed by atoms with van der Waals surface area (Å²) >= 11 is 3.43. The van der Waals surface area contributed by atoms with Gasteiger partial charge in [-0.2, -0.15) is 0 Å². The van der Waals surface area contributed by atoms with Crippen LogP contribution < -0.4 is 4.74 Å². The van der Waals surface area contributed by atoms with Crippen LogP contribution in [-0.4, -0.2) is 21.2 Å². The zero-order valence-electron chi connectivity index (χ0n) is 11.1. The third-order valence-corrected chi connectivity index (χ3v) is 3.52. The molecule has 0 bridgehead atoms. The van der Waals surface area contributed by atoms with E-state index in [1.54, 1.807) is 0 Å². The van der Waals surface area contributed by atoms with Crippen molar-refractivity contribution < 1.29 is 4.74 Å². The van der Waals surface area contributed by atoms with Crippen LogP contribution in [0.4, 0.5) is 0 Å². The van der Waals surface area contributed by atoms with Crippen molar-refractivity contribution in [3.05, 3.63) is 58.5 Å². The smallest absolute Gasteiger partial charge is 0.161 e. The summed E-state index contributed by atoms with van der Waals surface area (Å²) in [4.78, 5) is 0. The maximum Gasteiger partial charge on any atom is 0.161 e. The van der Waals surface area contributed by atoms with Crippen molar-refractivity contribution in [1.82, 2.24) is 14.6 Å². The highest BCUT2D eigenvalue weighted by Gasteiger charge is 2.05. The fraction of sp³-hybridized carbons (Fsp3) is 0.200. The fourth-order valence-electron chi connectivity index (χ4n) is 2.05. The highest BCUT2D eigenvalue weighted by molar-refractivity contribution is 9.10. The number of rotatable bonds is 4. The highest BCUT2D eigenvalue weighted by Crippen LogP contribution is 2.14. The maximum atomic E-state index is 5.74. The Morgan fingerprint density at radius 1 is 1.20 bits per heavy atom. The van der Waals surface area contributed by atoms with Gasteiger partial charge in [0.15, 0.2) is 5.65 Å². The van der Waals surface area contributed by atoms with E-state index >= 15 is 0 Å². The molecule has 0 saturated heterocycles. The van der Waals surface area contributed by atoms with Crippen LogP contribution >= 0.6 is 15.9 Å². The second kappa shape index (κ2) is 5.63. The molecule has 1 aromatic carbocycles. The van der Waals surface area contributed by atoms with Gasteiger partial charge >= 0.3 is 0 Å². The Labute approximate surface area is 125 Å². The van der Waals surface area contributed by atoms with E-state index < -0.39 is 0 Å². The van der Waals surface area contributed by atoms with E-state index in [1.807, 2.05) is 40.9 Å². The molecular formula is C15H14BrN3O. The zero-order chi connectivity index (χ0) is 13.9. The van der Waals surface area contributed by atoms with E-state index in [9.17, 15) is 0 Å². The topological polar surface area (TPSA) is 39.4 Å². The number of pyridine rings is 1. The van der Waals surface area contributed by atoms with Gasteiger partial charge in [-0.3, -0.25) is 4.40 Å². The monoisotopic (exact) mass is 331 g/mol. The molecule has 0 saturated carbocycles. The molecule has 0 aliphatic heterocycles. The Morgan fingerprint density at radius 2 is 2.10 bits per heavy atom. The summed E-state index contributed by atoms with van der Waals surface area (Å²) in [5.41, 5.74) is 2.03. The first-order chi connectivity index (χ1) is 9.72. The van der Waals surface area contributed by atoms with Crippen LogP contribution in [0.15, 0.2) is 47.1 Å². The molecule has 0 atom stereocenters. The van der Waals surface area contributed by atoms with E-state index in [2.05, 4.69) is 39.1 Å². The molecule has 0 unspecified atom stereocenters. The Kier molecular flexibility index (Phi) is 3.69. The Bertz CT molecular complexity index is 739. The van der Waals surface area contributed by atoms with Gasteiger partial charge in [-0.15, -0.1) is 10.2 Å². The number of benzene rings is 1. The van der Waals surface area contributed by atoms with Crippen molar-refractivity contribution in [2.24, 2.45) is 0 Å². The first-order valence-electron chi connectivity index (χ1n) is 6.41. The molecule has 0 aliphatic rings. The zero-order valence-corrected chi connectivity index (χ0v) is 12.7. The summed E-state index contributed by atoms with van der Waals surface area (Å²) in [5, 5.41) is 8.34. The van der Waals surface area contributed by atoms with Crippen molar-refractivity contribution in [2.75, 3.05) is 6.61 Å². The molecule has 2 heterocycles. The lowest BCUT2D eigenvalue weighted by Gasteiger charge is -2.06. The van der Waals surface area contributed by atoms with Gasteiger partial charge in [-0.1, -0.05) is 28.1 Å². The van der Waals surface area contributed by atoms with E-state index in [-0.39, 0.29) is 0 Å². The van der Waals surface area contributed by atoms with Crippen LogP contribution in [0.2, 0.25) is 0 Å². The summed E-state index contributed by atoms with van der Waals surface area (Å²) < 4.78 is 8.72. The summed E-state index contributed by atoms with van der Waals surface area (Å²) in [7, 11) is 0. The molecular weight excluding hydrogens is 318 g/mol. The van der Waals surface area contributed by atoms with Gasteiger partial charge < -0.3 is 4.74 Å². The van der Waals surface area contributed by atoms with Crippen LogP contribution in [0.5, 0.6) is 5.75 Å². The minimum Gasteiger partial charge on any atom is -0.493 e. The molecule has 102 valence electrons. The van der Waals surface area contributed by atoms with Crippen molar-refractivity contribution in [3.63, 3.8) is 0 Å². The average molecular weight is 332 g/mol. The van der Waals surface area contributed by atoms with E-state index in [1.165, 1.54) is 5.56 Å². The highest BCUT2D eigenvalue weighted by atomic mass is 79.9. The molecule has 0 N–H and O–H groups in total. The van der Waals surface area contributed by atoms with Gasteiger partial charge in [0, 0.05) is 17.1 Å². The first kappa shape index (κ1) is 13.1. The summed E-state index contributed by atoms with van der Waals surface area (Å²) in [6.45, 7) is 2.64. The van der Waals surface area contributed by atoms with Gasteiger partial charge in [0.25, 0.3) is 0 Å². The normalized spacial score (nSPS) is 10.9. The number of aryl methyl sites for hydroxylation is 1. The fourth-order valence-corrected chi connectivity index (χ4v) is 2.37. The van der Waals surface area contributed by atoms with Gasteiger partial charge in [0.2, 0.25) is 0 Å². The summed E-state index contributed by atoms with van der Waals surface area (Å²) in [6, 6.07) is 12.0. The minimum atomic E-state index is 0.584. The first-order valence-corrected chi connectivity index (χ1v) is 7.20. The summed E-state index contributed by atoms with van der Waals surface area (Å²) in [5.74, 6) is 1.79. The quantitative estimate of drug-likeness (QED) is 0.735. The van der Waals surface area contributed by atoms with Crippen molar-refractivity contribution in [1.29, 1.82) is 0 Å². The number of hydrogen-bond acceptors (Lipinski definition) is 3. The van der Waals surface area contributed by atoms with Gasteiger partial charge in [-0.05, 0) is 36.8 Å². The van der Waals surface area contributed by atoms with Crippen LogP contribution in [-0.2, 0) is 6.42 Å². The lowest BCUT2D eigenvalue weighted by atomic mass is 10.2. The Balaban J connectivity index is 1.68. The standard InChI is InChI=1S/C15H14BrN3O/c1-11-3-2-4-13(9-11)20-8-6-14-17-18-15-10-12(16)5-7-19(14)15/h2-5,7,9-10H,6,8H2,1H3. The summed E-state index contributed by atoms with van der Waals surface area (Å²) in [6.07, 6.45) is 2.68. The Morgan fingerprint density at radius 3 is 2.95 bits per heavy atom. The molecule has 0 fully saturated rings. The molecule has 20 heavy (non-hydrogen) atoms. The van der Waals surface area contributed by atoms with E-state index in [0.29, 0.717) is 6.61 Å². The molecule has 2 aromatic heterocycles. The molecule has 0 spiro atoms. The van der Waals surface area contributed by atoms with Gasteiger partial charge in [0.1, 0.15) is 11.6 Å². The maximum absolute atomic E-state index is 5.74. The largest absolute Gasteiger partial charge is 0.493 e. The van der Waals surface area contributed by atoms with Crippen molar-refractivity contribution in [3.8, 4) is 5.75 Å². The van der Waals surface area contributed by atoms with Crippen LogP contribution in [0, 0.1) is 6.92 Å². The number of fused-ring (bicyclic) bond motifs is 1. The van der Waals surface area contributed by atoms with Gasteiger partial charge in [0.05, 0.1) is 6.61 Å². The van der Waals surface area contributed by atoms with Crippen molar-refractivity contribution >= 4 is 21.6 Å². The molecule has 4 nitrogen and oxygen atoms in total.